The van der Waals surface area contributed by atoms with E-state index in [1.165, 1.54) is 0 Å². The molecular formula is C14H17ClN4O. The Bertz CT molecular complexity index is 551. The van der Waals surface area contributed by atoms with Gasteiger partial charge in [-0.05, 0) is 24.6 Å². The van der Waals surface area contributed by atoms with Crippen molar-refractivity contribution >= 4 is 17.6 Å². The fourth-order valence-corrected chi connectivity index (χ4v) is 1.86. The van der Waals surface area contributed by atoms with E-state index in [1.807, 2.05) is 30.3 Å². The van der Waals surface area contributed by atoms with Gasteiger partial charge >= 0.3 is 0 Å². The number of aliphatic imine (C=N–C) groups is 1. The summed E-state index contributed by atoms with van der Waals surface area (Å²) in [6.45, 7) is 2.62. The van der Waals surface area contributed by atoms with E-state index >= 15 is 0 Å². The molecule has 0 aliphatic carbocycles. The van der Waals surface area contributed by atoms with Crippen molar-refractivity contribution in [2.75, 3.05) is 7.05 Å². The molecule has 5 nitrogen and oxygen atoms in total. The fourth-order valence-electron chi connectivity index (χ4n) is 1.74. The van der Waals surface area contributed by atoms with Gasteiger partial charge in [-0.25, -0.2) is 0 Å². The molecule has 1 atom stereocenters. The molecule has 1 aromatic carbocycles. The first-order chi connectivity index (χ1) is 9.69. The van der Waals surface area contributed by atoms with E-state index in [9.17, 15) is 0 Å². The van der Waals surface area contributed by atoms with E-state index in [4.69, 9.17) is 16.1 Å². The zero-order valence-electron chi connectivity index (χ0n) is 11.4. The highest BCUT2D eigenvalue weighted by Crippen LogP contribution is 2.15. The summed E-state index contributed by atoms with van der Waals surface area (Å²) in [7, 11) is 1.73. The molecule has 0 fully saturated rings. The summed E-state index contributed by atoms with van der Waals surface area (Å²) in [4.78, 5) is 4.18. The minimum atomic E-state index is 0.121. The van der Waals surface area contributed by atoms with Gasteiger partial charge in [0.15, 0.2) is 5.96 Å². The summed E-state index contributed by atoms with van der Waals surface area (Å²) >= 11 is 5.88. The second-order valence-electron chi connectivity index (χ2n) is 4.33. The van der Waals surface area contributed by atoms with Gasteiger partial charge in [0.2, 0.25) is 0 Å². The van der Waals surface area contributed by atoms with Gasteiger partial charge in [0.05, 0.1) is 12.6 Å². The minimum absolute atomic E-state index is 0.121. The van der Waals surface area contributed by atoms with Crippen LogP contribution in [0.3, 0.4) is 0 Å². The van der Waals surface area contributed by atoms with Gasteiger partial charge < -0.3 is 15.2 Å². The molecular weight excluding hydrogens is 276 g/mol. The van der Waals surface area contributed by atoms with Gasteiger partial charge in [-0.15, -0.1) is 0 Å². The Morgan fingerprint density at radius 3 is 2.70 bits per heavy atom. The van der Waals surface area contributed by atoms with Crippen LogP contribution in [-0.4, -0.2) is 18.2 Å². The van der Waals surface area contributed by atoms with Crippen LogP contribution in [0.5, 0.6) is 0 Å². The molecule has 2 rings (SSSR count). The van der Waals surface area contributed by atoms with Gasteiger partial charge in [0.25, 0.3) is 0 Å². The molecule has 0 aliphatic heterocycles. The average Bonchev–Trinajstić information content (AvgIpc) is 2.97. The maximum absolute atomic E-state index is 5.88. The normalized spacial score (nSPS) is 13.1. The molecule has 0 amide bonds. The van der Waals surface area contributed by atoms with Crippen molar-refractivity contribution in [1.82, 2.24) is 15.8 Å². The standard InChI is InChI=1S/C14H17ClN4O/c1-10(11-3-5-12(15)6-4-11)18-14(16-2)17-9-13-7-8-20-19-13/h3-8,10H,9H2,1-2H3,(H2,16,17,18). The monoisotopic (exact) mass is 292 g/mol. The first-order valence-electron chi connectivity index (χ1n) is 6.31. The summed E-state index contributed by atoms with van der Waals surface area (Å²) in [5.74, 6) is 0.704. The molecule has 0 bridgehead atoms. The smallest absolute Gasteiger partial charge is 0.191 e. The van der Waals surface area contributed by atoms with Crippen molar-refractivity contribution < 1.29 is 4.52 Å². The molecule has 20 heavy (non-hydrogen) atoms. The van der Waals surface area contributed by atoms with Gasteiger partial charge in [-0.3, -0.25) is 4.99 Å². The molecule has 2 N–H and O–H groups in total. The maximum atomic E-state index is 5.88. The van der Waals surface area contributed by atoms with Crippen LogP contribution in [0.4, 0.5) is 0 Å². The van der Waals surface area contributed by atoms with Crippen LogP contribution in [0.25, 0.3) is 0 Å². The highest BCUT2D eigenvalue weighted by atomic mass is 35.5. The van der Waals surface area contributed by atoms with Crippen LogP contribution in [0.1, 0.15) is 24.2 Å². The van der Waals surface area contributed by atoms with Crippen LogP contribution in [0, 0.1) is 0 Å². The van der Waals surface area contributed by atoms with E-state index < -0.39 is 0 Å². The van der Waals surface area contributed by atoms with Crippen LogP contribution in [0.15, 0.2) is 46.1 Å². The lowest BCUT2D eigenvalue weighted by Gasteiger charge is -2.18. The molecule has 1 heterocycles. The number of benzene rings is 1. The van der Waals surface area contributed by atoms with Crippen LogP contribution < -0.4 is 10.6 Å². The Hall–Kier alpha value is -2.01. The molecule has 2 aromatic rings. The Labute approximate surface area is 123 Å². The summed E-state index contributed by atoms with van der Waals surface area (Å²) in [5, 5.41) is 11.0. The average molecular weight is 293 g/mol. The van der Waals surface area contributed by atoms with E-state index in [0.29, 0.717) is 12.5 Å². The highest BCUT2D eigenvalue weighted by Gasteiger charge is 2.08. The van der Waals surface area contributed by atoms with Crippen molar-refractivity contribution in [3.63, 3.8) is 0 Å². The SMILES string of the molecule is CN=C(NCc1ccon1)NC(C)c1ccc(Cl)cc1. The predicted octanol–water partition coefficient (Wildman–Crippen LogP) is 2.75. The fraction of sp³-hybridized carbons (Fsp3) is 0.286. The van der Waals surface area contributed by atoms with Crippen molar-refractivity contribution in [1.29, 1.82) is 0 Å². The number of nitrogens with zero attached hydrogens (tertiary/aromatic N) is 2. The predicted molar refractivity (Wildman–Crippen MR) is 79.7 cm³/mol. The number of hydrogen-bond acceptors (Lipinski definition) is 3. The lowest BCUT2D eigenvalue weighted by Crippen LogP contribution is -2.38. The summed E-state index contributed by atoms with van der Waals surface area (Å²) in [6, 6.07) is 9.66. The largest absolute Gasteiger partial charge is 0.364 e. The first kappa shape index (κ1) is 14.4. The quantitative estimate of drug-likeness (QED) is 0.672. The zero-order chi connectivity index (χ0) is 14.4. The molecule has 0 spiro atoms. The Kier molecular flexibility index (Phi) is 5.01. The van der Waals surface area contributed by atoms with Crippen LogP contribution in [-0.2, 0) is 6.54 Å². The van der Waals surface area contributed by atoms with Crippen molar-refractivity contribution in [3.05, 3.63) is 52.9 Å². The number of aromatic nitrogens is 1. The van der Waals surface area contributed by atoms with E-state index in [2.05, 4.69) is 27.7 Å². The van der Waals surface area contributed by atoms with Crippen molar-refractivity contribution in [3.8, 4) is 0 Å². The topological polar surface area (TPSA) is 62.5 Å². The third-order valence-electron chi connectivity index (χ3n) is 2.88. The molecule has 6 heteroatoms. The molecule has 106 valence electrons. The first-order valence-corrected chi connectivity index (χ1v) is 6.68. The van der Waals surface area contributed by atoms with Crippen LogP contribution >= 0.6 is 11.6 Å². The third kappa shape index (κ3) is 3.99. The Balaban J connectivity index is 1.91. The van der Waals surface area contributed by atoms with Gasteiger partial charge in [0, 0.05) is 18.1 Å². The number of hydrogen-bond donors (Lipinski definition) is 2. The molecule has 0 saturated carbocycles. The van der Waals surface area contributed by atoms with Gasteiger partial charge in [-0.1, -0.05) is 28.9 Å². The van der Waals surface area contributed by atoms with Gasteiger partial charge in [-0.2, -0.15) is 0 Å². The van der Waals surface area contributed by atoms with Crippen molar-refractivity contribution in [2.45, 2.75) is 19.5 Å². The third-order valence-corrected chi connectivity index (χ3v) is 3.13. The van der Waals surface area contributed by atoms with Crippen molar-refractivity contribution in [2.24, 2.45) is 4.99 Å². The summed E-state index contributed by atoms with van der Waals surface area (Å²) < 4.78 is 4.78. The number of rotatable bonds is 4. The van der Waals surface area contributed by atoms with E-state index in [0.717, 1.165) is 16.3 Å². The summed E-state index contributed by atoms with van der Waals surface area (Å²) in [6.07, 6.45) is 1.55. The lowest BCUT2D eigenvalue weighted by molar-refractivity contribution is 0.410. The zero-order valence-corrected chi connectivity index (χ0v) is 12.2. The molecule has 1 unspecified atom stereocenters. The number of guanidine groups is 1. The summed E-state index contributed by atoms with van der Waals surface area (Å²) in [5.41, 5.74) is 1.96. The highest BCUT2D eigenvalue weighted by molar-refractivity contribution is 6.30. The molecule has 0 saturated heterocycles. The van der Waals surface area contributed by atoms with Gasteiger partial charge in [0.1, 0.15) is 12.0 Å². The lowest BCUT2D eigenvalue weighted by atomic mass is 10.1. The Morgan fingerprint density at radius 1 is 1.35 bits per heavy atom. The van der Waals surface area contributed by atoms with E-state index in [-0.39, 0.29) is 6.04 Å². The molecule has 1 aromatic heterocycles. The van der Waals surface area contributed by atoms with E-state index in [1.54, 1.807) is 13.3 Å². The second kappa shape index (κ2) is 6.96. The molecule has 0 aliphatic rings. The Morgan fingerprint density at radius 2 is 2.10 bits per heavy atom. The number of halogens is 1. The second-order valence-corrected chi connectivity index (χ2v) is 4.77. The minimum Gasteiger partial charge on any atom is -0.364 e. The van der Waals surface area contributed by atoms with Crippen LogP contribution in [0.2, 0.25) is 5.02 Å². The maximum Gasteiger partial charge on any atom is 0.191 e. The molecule has 0 radical (unpaired) electrons. The number of nitrogens with one attached hydrogen (secondary N) is 2.